The number of aromatic hydroxyl groups is 1. The summed E-state index contributed by atoms with van der Waals surface area (Å²) in [7, 11) is 0. The van der Waals surface area contributed by atoms with Crippen molar-refractivity contribution in [2.75, 3.05) is 50.9 Å². The zero-order valence-corrected chi connectivity index (χ0v) is 45.7. The summed E-state index contributed by atoms with van der Waals surface area (Å²) in [5.41, 5.74) is -0.985. The Balaban J connectivity index is 0.949. The van der Waals surface area contributed by atoms with E-state index in [2.05, 4.69) is 34.6 Å². The number of rotatable bonds is 28. The van der Waals surface area contributed by atoms with Gasteiger partial charge in [-0.2, -0.15) is 9.97 Å². The van der Waals surface area contributed by atoms with Crippen molar-refractivity contribution < 1.29 is 56.4 Å². The smallest absolute Gasteiger partial charge is 0.319 e. The minimum Gasteiger partial charge on any atom is -0.508 e. The Bertz CT molecular complexity index is 2770. The van der Waals surface area contributed by atoms with E-state index in [9.17, 15) is 28.7 Å². The Morgan fingerprint density at radius 3 is 2.17 bits per heavy atom. The second kappa shape index (κ2) is 27.1. The van der Waals surface area contributed by atoms with Gasteiger partial charge in [0.15, 0.2) is 11.9 Å². The molecule has 0 spiro atoms. The number of hydrogen-bond donors (Lipinski definition) is 1. The van der Waals surface area contributed by atoms with Crippen LogP contribution in [0.3, 0.4) is 0 Å². The first-order chi connectivity index (χ1) is 37.7. The predicted octanol–water partition coefficient (Wildman–Crippen LogP) is 10.9. The molecule has 4 aliphatic rings. The van der Waals surface area contributed by atoms with Gasteiger partial charge >= 0.3 is 23.9 Å². The summed E-state index contributed by atoms with van der Waals surface area (Å²) < 4.78 is 70.5. The molecule has 0 aliphatic carbocycles. The van der Waals surface area contributed by atoms with Gasteiger partial charge in [0.05, 0.1) is 16.5 Å². The van der Waals surface area contributed by atoms with Crippen molar-refractivity contribution in [3.8, 4) is 35.4 Å². The molecule has 4 aliphatic heterocycles. The number of terminal acetylenes is 1. The summed E-state index contributed by atoms with van der Waals surface area (Å²) >= 11 is 0. The van der Waals surface area contributed by atoms with E-state index >= 15 is 8.78 Å². The fourth-order valence-corrected chi connectivity index (χ4v) is 12.1. The highest BCUT2D eigenvalue weighted by molar-refractivity contribution is 6.03. The molecule has 15 nitrogen and oxygen atoms in total. The second-order valence-electron chi connectivity index (χ2n) is 22.2. The van der Waals surface area contributed by atoms with E-state index in [1.54, 1.807) is 6.92 Å². The molecule has 2 aromatic carbocycles. The van der Waals surface area contributed by atoms with Crippen molar-refractivity contribution >= 4 is 51.3 Å². The quantitative estimate of drug-likeness (QED) is 0.0246. The van der Waals surface area contributed by atoms with E-state index in [1.165, 1.54) is 30.5 Å². The Hall–Kier alpha value is -6.22. The van der Waals surface area contributed by atoms with Crippen LogP contribution in [-0.4, -0.2) is 130 Å². The Labute approximate surface area is 456 Å². The fourth-order valence-electron chi connectivity index (χ4n) is 12.1. The summed E-state index contributed by atoms with van der Waals surface area (Å²) in [6, 6.07) is 4.67. The third-order valence-corrected chi connectivity index (χ3v) is 16.1. The number of unbranched alkanes of at least 4 members (excludes halogenated alkanes) is 10. The van der Waals surface area contributed by atoms with Gasteiger partial charge in [-0.3, -0.25) is 29.1 Å². The first-order valence-corrected chi connectivity index (χ1v) is 28.6. The van der Waals surface area contributed by atoms with Crippen molar-refractivity contribution in [2.45, 2.75) is 186 Å². The van der Waals surface area contributed by atoms with Crippen molar-refractivity contribution in [1.29, 1.82) is 0 Å². The van der Waals surface area contributed by atoms with Crippen molar-refractivity contribution in [1.82, 2.24) is 24.8 Å². The van der Waals surface area contributed by atoms with Gasteiger partial charge in [0.25, 0.3) is 0 Å². The summed E-state index contributed by atoms with van der Waals surface area (Å²) in [5, 5.41) is 11.6. The maximum Gasteiger partial charge on any atom is 0.319 e. The van der Waals surface area contributed by atoms with Crippen LogP contribution in [0.5, 0.6) is 11.8 Å². The van der Waals surface area contributed by atoms with Crippen LogP contribution in [0, 0.1) is 29.9 Å². The first kappa shape index (κ1) is 57.9. The molecule has 4 aromatic rings. The molecule has 8 rings (SSSR count). The largest absolute Gasteiger partial charge is 0.508 e. The van der Waals surface area contributed by atoms with Crippen LogP contribution >= 0.6 is 0 Å². The van der Waals surface area contributed by atoms with Crippen LogP contribution in [0.1, 0.15) is 161 Å². The minimum atomic E-state index is -1.01. The first-order valence-electron chi connectivity index (χ1n) is 28.6. The molecule has 1 N–H and O–H groups in total. The molecular formula is C60H77F3N6O9. The van der Waals surface area contributed by atoms with Crippen molar-refractivity contribution in [2.24, 2.45) is 5.92 Å². The number of esters is 3. The standard InChI is InChI=1S/C60H77F3N6O9/c1-5-8-10-12-14-16-19-51(72)75-36-45(37-76-52(73)20-17-15-13-11-9-6-2)78-53(74)28-39(4)27-50(71)69-42-22-23-43(69)35-67(34-42)58-48-32-64-56(47-30-44(70)29-40-21-24-49(62)46(7-3)54(40)47)55(63)57(48)65-59(66-58)77-38-60-25-18-26-68(60)33-41(61)31-60/h3,21,24,29-30,32,39,41-43,45,70H,5-6,8-20,22-23,25-28,31,33-38H2,1-2,4H3/t39?,41-,42?,43?,60+/m1/s1. The molecule has 0 saturated carbocycles. The van der Waals surface area contributed by atoms with Gasteiger partial charge < -0.3 is 33.9 Å². The van der Waals surface area contributed by atoms with E-state index in [0.717, 1.165) is 83.6 Å². The molecule has 4 fully saturated rings. The molecule has 0 radical (unpaired) electrons. The third kappa shape index (κ3) is 14.1. The number of aromatic nitrogens is 3. The summed E-state index contributed by atoms with van der Waals surface area (Å²) in [6.45, 7) is 7.36. The Kier molecular flexibility index (Phi) is 20.1. The highest BCUT2D eigenvalue weighted by Gasteiger charge is 2.50. The van der Waals surface area contributed by atoms with Crippen LogP contribution < -0.4 is 9.64 Å². The van der Waals surface area contributed by atoms with Crippen LogP contribution in [-0.2, 0) is 33.4 Å². The highest BCUT2D eigenvalue weighted by atomic mass is 19.1. The number of phenolic OH excluding ortho intramolecular Hbond substituents is 1. The number of benzene rings is 2. The lowest BCUT2D eigenvalue weighted by Gasteiger charge is -2.42. The van der Waals surface area contributed by atoms with Gasteiger partial charge in [0.1, 0.15) is 54.6 Å². The lowest BCUT2D eigenvalue weighted by molar-refractivity contribution is -0.167. The zero-order valence-electron chi connectivity index (χ0n) is 45.7. The third-order valence-electron chi connectivity index (χ3n) is 16.1. The molecule has 5 atom stereocenters. The molecule has 78 heavy (non-hydrogen) atoms. The number of carbonyl (C=O) groups excluding carboxylic acids is 4. The summed E-state index contributed by atoms with van der Waals surface area (Å²) in [5.74, 6) is -1.08. The molecule has 6 heterocycles. The predicted molar refractivity (Wildman–Crippen MR) is 290 cm³/mol. The average Bonchev–Trinajstić information content (AvgIpc) is 4.20. The number of alkyl halides is 1. The van der Waals surface area contributed by atoms with Gasteiger partial charge in [-0.15, -0.1) is 6.42 Å². The number of piperazine rings is 1. The van der Waals surface area contributed by atoms with E-state index < -0.39 is 53.3 Å². The molecular weight excluding hydrogens is 1010 g/mol. The van der Waals surface area contributed by atoms with Crippen LogP contribution in [0.25, 0.3) is 32.9 Å². The van der Waals surface area contributed by atoms with Gasteiger partial charge in [-0.25, -0.2) is 13.2 Å². The number of fused-ring (bicyclic) bond motifs is 5. The number of phenols is 1. The molecule has 422 valence electrons. The Morgan fingerprint density at radius 1 is 0.859 bits per heavy atom. The number of pyridine rings is 1. The number of halogens is 3. The second-order valence-corrected chi connectivity index (χ2v) is 22.2. The molecule has 1 amide bonds. The molecule has 3 unspecified atom stereocenters. The highest BCUT2D eigenvalue weighted by Crippen LogP contribution is 2.43. The van der Waals surface area contributed by atoms with E-state index in [0.29, 0.717) is 62.9 Å². The number of nitrogens with zero attached hydrogens (tertiary/aromatic N) is 6. The summed E-state index contributed by atoms with van der Waals surface area (Å²) in [6.07, 6.45) is 21.0. The lowest BCUT2D eigenvalue weighted by atomic mass is 9.95. The van der Waals surface area contributed by atoms with E-state index in [1.807, 2.05) is 9.80 Å². The normalized spacial score (nSPS) is 20.3. The zero-order chi connectivity index (χ0) is 55.3. The number of carbonyl (C=O) groups is 4. The average molecular weight is 1080 g/mol. The lowest BCUT2D eigenvalue weighted by Crippen LogP contribution is -2.56. The molecule has 4 saturated heterocycles. The van der Waals surface area contributed by atoms with E-state index in [4.69, 9.17) is 30.4 Å². The monoisotopic (exact) mass is 1080 g/mol. The number of anilines is 1. The maximum absolute atomic E-state index is 17.4. The SMILES string of the molecule is C#Cc1c(F)ccc2cc(O)cc(-c3ncc4c(N5CC6CCC(C5)N6C(=O)CC(C)CC(=O)OC(COC(=O)CCCCCCCC)COC(=O)CCCCCCCC)nc(OC[C@@]56CCCN5C[C@H](F)C6)nc4c3F)c12. The van der Waals surface area contributed by atoms with E-state index in [-0.39, 0.29) is 108 Å². The minimum absolute atomic E-state index is 0.0487. The van der Waals surface area contributed by atoms with Crippen LogP contribution in [0.4, 0.5) is 19.0 Å². The van der Waals surface area contributed by atoms with Gasteiger partial charge in [-0.05, 0) is 74.6 Å². The van der Waals surface area contributed by atoms with Crippen molar-refractivity contribution in [3.63, 3.8) is 0 Å². The number of ether oxygens (including phenoxy) is 4. The number of hydrogen-bond acceptors (Lipinski definition) is 14. The Morgan fingerprint density at radius 2 is 1.51 bits per heavy atom. The van der Waals surface area contributed by atoms with Crippen LogP contribution in [0.15, 0.2) is 30.5 Å². The maximum atomic E-state index is 17.4. The molecule has 2 aromatic heterocycles. The number of amides is 1. The topological polar surface area (TPSA) is 174 Å². The van der Waals surface area contributed by atoms with Crippen LogP contribution in [0.2, 0.25) is 0 Å². The van der Waals surface area contributed by atoms with Gasteiger partial charge in [0.2, 0.25) is 5.91 Å². The van der Waals surface area contributed by atoms with Gasteiger partial charge in [-0.1, -0.05) is 97.0 Å². The molecule has 18 heteroatoms. The molecule has 2 bridgehead atoms. The van der Waals surface area contributed by atoms with Gasteiger partial charge in [0, 0.05) is 81.0 Å². The summed E-state index contributed by atoms with van der Waals surface area (Å²) in [4.78, 5) is 73.0. The fraction of sp³-hybridized carbons (Fsp3) is 0.617. The van der Waals surface area contributed by atoms with Crippen molar-refractivity contribution in [3.05, 3.63) is 47.7 Å².